The van der Waals surface area contributed by atoms with Gasteiger partial charge in [-0.25, -0.2) is 4.39 Å². The van der Waals surface area contributed by atoms with E-state index in [-0.39, 0.29) is 5.82 Å². The van der Waals surface area contributed by atoms with Crippen molar-refractivity contribution in [2.24, 2.45) is 0 Å². The van der Waals surface area contributed by atoms with Gasteiger partial charge in [0, 0.05) is 17.6 Å². The van der Waals surface area contributed by atoms with Crippen LogP contribution in [-0.4, -0.2) is 0 Å². The van der Waals surface area contributed by atoms with Crippen LogP contribution in [0.4, 0.5) is 4.39 Å². The second-order valence-electron chi connectivity index (χ2n) is 3.82. The Hall–Kier alpha value is -1.19. The van der Waals surface area contributed by atoms with Gasteiger partial charge in [0.15, 0.2) is 0 Å². The van der Waals surface area contributed by atoms with Gasteiger partial charge in [-0.2, -0.15) is 0 Å². The SMILES string of the molecule is Fc1ccc(CNCc2ccccc2Br)cc1. The summed E-state index contributed by atoms with van der Waals surface area (Å²) in [5.41, 5.74) is 2.30. The molecule has 0 aliphatic heterocycles. The van der Waals surface area contributed by atoms with E-state index in [0.717, 1.165) is 23.1 Å². The molecule has 0 saturated carbocycles. The summed E-state index contributed by atoms with van der Waals surface area (Å²) >= 11 is 3.50. The van der Waals surface area contributed by atoms with Crippen molar-refractivity contribution in [2.75, 3.05) is 0 Å². The number of hydrogen-bond acceptors (Lipinski definition) is 1. The van der Waals surface area contributed by atoms with Gasteiger partial charge in [-0.05, 0) is 29.3 Å². The molecule has 17 heavy (non-hydrogen) atoms. The lowest BCUT2D eigenvalue weighted by Gasteiger charge is -2.06. The van der Waals surface area contributed by atoms with E-state index >= 15 is 0 Å². The molecule has 1 N–H and O–H groups in total. The predicted molar refractivity (Wildman–Crippen MR) is 71.1 cm³/mol. The monoisotopic (exact) mass is 293 g/mol. The standard InChI is InChI=1S/C14H13BrFN/c15-14-4-2-1-3-12(14)10-17-9-11-5-7-13(16)8-6-11/h1-8,17H,9-10H2. The summed E-state index contributed by atoms with van der Waals surface area (Å²) < 4.78 is 13.8. The Morgan fingerprint density at radius 3 is 2.35 bits per heavy atom. The summed E-state index contributed by atoms with van der Waals surface area (Å²) in [5, 5.41) is 3.33. The van der Waals surface area contributed by atoms with Gasteiger partial charge in [0.05, 0.1) is 0 Å². The second-order valence-corrected chi connectivity index (χ2v) is 4.68. The van der Waals surface area contributed by atoms with Crippen LogP contribution >= 0.6 is 15.9 Å². The average molecular weight is 294 g/mol. The molecule has 0 spiro atoms. The molecular formula is C14H13BrFN. The molecule has 0 aromatic heterocycles. The van der Waals surface area contributed by atoms with Gasteiger partial charge < -0.3 is 5.32 Å². The Morgan fingerprint density at radius 2 is 1.65 bits per heavy atom. The lowest BCUT2D eigenvalue weighted by atomic mass is 10.2. The summed E-state index contributed by atoms with van der Waals surface area (Å²) in [4.78, 5) is 0. The van der Waals surface area contributed by atoms with Gasteiger partial charge in [0.1, 0.15) is 5.82 Å². The fourth-order valence-electron chi connectivity index (χ4n) is 1.59. The van der Waals surface area contributed by atoms with Crippen LogP contribution in [0.15, 0.2) is 53.0 Å². The van der Waals surface area contributed by atoms with Crippen molar-refractivity contribution in [3.63, 3.8) is 0 Å². The smallest absolute Gasteiger partial charge is 0.123 e. The van der Waals surface area contributed by atoms with Crippen molar-refractivity contribution in [3.8, 4) is 0 Å². The molecule has 2 aromatic rings. The zero-order chi connectivity index (χ0) is 12.1. The van der Waals surface area contributed by atoms with Crippen LogP contribution in [0.2, 0.25) is 0 Å². The van der Waals surface area contributed by atoms with Gasteiger partial charge in [0.25, 0.3) is 0 Å². The average Bonchev–Trinajstić information content (AvgIpc) is 2.34. The summed E-state index contributed by atoms with van der Waals surface area (Å²) in [6.07, 6.45) is 0. The normalized spacial score (nSPS) is 10.5. The highest BCUT2D eigenvalue weighted by atomic mass is 79.9. The van der Waals surface area contributed by atoms with E-state index in [4.69, 9.17) is 0 Å². The van der Waals surface area contributed by atoms with Gasteiger partial charge in [0.2, 0.25) is 0 Å². The maximum Gasteiger partial charge on any atom is 0.123 e. The zero-order valence-corrected chi connectivity index (χ0v) is 10.9. The van der Waals surface area contributed by atoms with Gasteiger partial charge in [-0.1, -0.05) is 46.3 Å². The maximum atomic E-state index is 12.7. The third-order valence-electron chi connectivity index (χ3n) is 2.52. The van der Waals surface area contributed by atoms with Gasteiger partial charge >= 0.3 is 0 Å². The number of benzene rings is 2. The first-order chi connectivity index (χ1) is 8.25. The minimum Gasteiger partial charge on any atom is -0.309 e. The summed E-state index contributed by atoms with van der Waals surface area (Å²) in [6, 6.07) is 14.7. The van der Waals surface area contributed by atoms with E-state index in [1.54, 1.807) is 12.1 Å². The van der Waals surface area contributed by atoms with Crippen LogP contribution in [0.3, 0.4) is 0 Å². The van der Waals surface area contributed by atoms with E-state index in [1.165, 1.54) is 17.7 Å². The molecule has 0 aliphatic rings. The van der Waals surface area contributed by atoms with Crippen LogP contribution in [0.1, 0.15) is 11.1 Å². The largest absolute Gasteiger partial charge is 0.309 e. The third kappa shape index (κ3) is 3.65. The molecule has 0 aliphatic carbocycles. The van der Waals surface area contributed by atoms with Crippen LogP contribution in [0.25, 0.3) is 0 Å². The molecule has 0 atom stereocenters. The van der Waals surface area contributed by atoms with Gasteiger partial charge in [-0.3, -0.25) is 0 Å². The topological polar surface area (TPSA) is 12.0 Å². The number of nitrogens with one attached hydrogen (secondary N) is 1. The Bertz CT molecular complexity index is 482. The summed E-state index contributed by atoms with van der Waals surface area (Å²) in [6.45, 7) is 1.53. The molecule has 2 rings (SSSR count). The molecule has 0 bridgehead atoms. The van der Waals surface area contributed by atoms with Crippen LogP contribution in [0.5, 0.6) is 0 Å². The molecule has 0 unspecified atom stereocenters. The van der Waals surface area contributed by atoms with Crippen LogP contribution in [-0.2, 0) is 13.1 Å². The Kier molecular flexibility index (Phi) is 4.29. The molecular weight excluding hydrogens is 281 g/mol. The van der Waals surface area contributed by atoms with Crippen molar-refractivity contribution in [1.29, 1.82) is 0 Å². The molecule has 3 heteroatoms. The fourth-order valence-corrected chi connectivity index (χ4v) is 2.01. The number of hydrogen-bond donors (Lipinski definition) is 1. The zero-order valence-electron chi connectivity index (χ0n) is 9.29. The third-order valence-corrected chi connectivity index (χ3v) is 3.29. The first-order valence-electron chi connectivity index (χ1n) is 5.44. The minimum absolute atomic E-state index is 0.195. The van der Waals surface area contributed by atoms with E-state index in [9.17, 15) is 4.39 Å². The van der Waals surface area contributed by atoms with Crippen LogP contribution in [0, 0.1) is 5.82 Å². The van der Waals surface area contributed by atoms with Crippen molar-refractivity contribution < 1.29 is 4.39 Å². The summed E-state index contributed by atoms with van der Waals surface area (Å²) in [7, 11) is 0. The number of halogens is 2. The van der Waals surface area contributed by atoms with Gasteiger partial charge in [-0.15, -0.1) is 0 Å². The van der Waals surface area contributed by atoms with E-state index in [1.807, 2.05) is 18.2 Å². The molecule has 0 amide bonds. The minimum atomic E-state index is -0.195. The Morgan fingerprint density at radius 1 is 0.941 bits per heavy atom. The molecule has 0 fully saturated rings. The molecule has 0 saturated heterocycles. The highest BCUT2D eigenvalue weighted by molar-refractivity contribution is 9.10. The van der Waals surface area contributed by atoms with Crippen molar-refractivity contribution in [1.82, 2.24) is 5.32 Å². The molecule has 0 radical (unpaired) electrons. The van der Waals surface area contributed by atoms with E-state index in [0.29, 0.717) is 0 Å². The molecule has 0 heterocycles. The van der Waals surface area contributed by atoms with E-state index < -0.39 is 0 Å². The molecule has 2 aromatic carbocycles. The first kappa shape index (κ1) is 12.3. The highest BCUT2D eigenvalue weighted by Crippen LogP contribution is 2.15. The first-order valence-corrected chi connectivity index (χ1v) is 6.23. The lowest BCUT2D eigenvalue weighted by molar-refractivity contribution is 0.625. The fraction of sp³-hybridized carbons (Fsp3) is 0.143. The maximum absolute atomic E-state index is 12.7. The molecule has 88 valence electrons. The molecule has 1 nitrogen and oxygen atoms in total. The van der Waals surface area contributed by atoms with Crippen molar-refractivity contribution in [2.45, 2.75) is 13.1 Å². The Labute approximate surface area is 109 Å². The predicted octanol–water partition coefficient (Wildman–Crippen LogP) is 3.88. The highest BCUT2D eigenvalue weighted by Gasteiger charge is 1.98. The Balaban J connectivity index is 1.88. The lowest BCUT2D eigenvalue weighted by Crippen LogP contribution is -2.12. The second kappa shape index (κ2) is 5.94. The van der Waals surface area contributed by atoms with Crippen molar-refractivity contribution in [3.05, 3.63) is 69.9 Å². The quantitative estimate of drug-likeness (QED) is 0.902. The van der Waals surface area contributed by atoms with E-state index in [2.05, 4.69) is 27.3 Å². The van der Waals surface area contributed by atoms with Crippen molar-refractivity contribution >= 4 is 15.9 Å². The van der Waals surface area contributed by atoms with Crippen LogP contribution < -0.4 is 5.32 Å². The summed E-state index contributed by atoms with van der Waals surface area (Å²) in [5.74, 6) is -0.195. The number of rotatable bonds is 4.